The Morgan fingerprint density at radius 2 is 2.14 bits per heavy atom. The first-order chi connectivity index (χ1) is 13.5. The molecule has 7 heteroatoms. The summed E-state index contributed by atoms with van der Waals surface area (Å²) in [5, 5.41) is 4.01. The Kier molecular flexibility index (Phi) is 5.37. The third-order valence-electron chi connectivity index (χ3n) is 5.46. The highest BCUT2D eigenvalue weighted by Crippen LogP contribution is 2.34. The molecule has 2 N–H and O–H groups in total. The molecule has 148 valence electrons. The van der Waals surface area contributed by atoms with Gasteiger partial charge in [-0.2, -0.15) is 0 Å². The standard InChI is InChI=1S/C21H26N4O2S/c1-3-25-12-19(27-21(22)26)17-10-15(4-5-18(17)25)20-23-16(13-28-20)11-24-8-6-14(2)7-9-24/h4-5,10,12-14H,3,6-9,11H2,1-2H3,(H2,22,26). The van der Waals surface area contributed by atoms with E-state index >= 15 is 0 Å². The number of piperidine rings is 1. The highest BCUT2D eigenvalue weighted by molar-refractivity contribution is 7.13. The first kappa shape index (κ1) is 19.0. The number of aryl methyl sites for hydroxylation is 1. The summed E-state index contributed by atoms with van der Waals surface area (Å²) in [4.78, 5) is 18.6. The van der Waals surface area contributed by atoms with Crippen LogP contribution in [-0.4, -0.2) is 33.6 Å². The van der Waals surface area contributed by atoms with E-state index in [0.29, 0.717) is 5.75 Å². The van der Waals surface area contributed by atoms with Crippen LogP contribution in [0.1, 0.15) is 32.4 Å². The molecule has 1 aromatic carbocycles. The molecule has 1 aliphatic heterocycles. The van der Waals surface area contributed by atoms with Crippen molar-refractivity contribution in [3.05, 3.63) is 35.5 Å². The number of aromatic nitrogens is 2. The van der Waals surface area contributed by atoms with Gasteiger partial charge in [0.25, 0.3) is 0 Å². The number of hydrogen-bond acceptors (Lipinski definition) is 5. The van der Waals surface area contributed by atoms with Crippen LogP contribution in [0.4, 0.5) is 4.79 Å². The maximum Gasteiger partial charge on any atom is 0.410 e. The van der Waals surface area contributed by atoms with E-state index in [-0.39, 0.29) is 0 Å². The van der Waals surface area contributed by atoms with Crippen LogP contribution in [0.5, 0.6) is 5.75 Å². The lowest BCUT2D eigenvalue weighted by atomic mass is 9.99. The van der Waals surface area contributed by atoms with Gasteiger partial charge >= 0.3 is 6.09 Å². The molecular formula is C21H26N4O2S. The quantitative estimate of drug-likeness (QED) is 0.688. The summed E-state index contributed by atoms with van der Waals surface area (Å²) in [6, 6.07) is 6.16. The number of carbonyl (C=O) groups is 1. The van der Waals surface area contributed by atoms with E-state index in [1.54, 1.807) is 11.3 Å². The highest BCUT2D eigenvalue weighted by Gasteiger charge is 2.18. The SMILES string of the molecule is CCn1cc(OC(N)=O)c2cc(-c3nc(CN4CCC(C)CC4)cs3)ccc21. The van der Waals surface area contributed by atoms with Crippen molar-refractivity contribution in [2.75, 3.05) is 13.1 Å². The van der Waals surface area contributed by atoms with Crippen LogP contribution in [0.3, 0.4) is 0 Å². The van der Waals surface area contributed by atoms with E-state index in [1.165, 1.54) is 12.8 Å². The molecule has 2 aromatic heterocycles. The first-order valence-electron chi connectivity index (χ1n) is 9.80. The summed E-state index contributed by atoms with van der Waals surface area (Å²) < 4.78 is 7.25. The fraction of sp³-hybridized carbons (Fsp3) is 0.429. The average Bonchev–Trinajstić information content (AvgIpc) is 3.28. The molecule has 28 heavy (non-hydrogen) atoms. The van der Waals surface area contributed by atoms with Gasteiger partial charge in [-0.3, -0.25) is 4.90 Å². The number of hydrogen-bond donors (Lipinski definition) is 1. The van der Waals surface area contributed by atoms with Crippen molar-refractivity contribution in [3.8, 4) is 16.3 Å². The lowest BCUT2D eigenvalue weighted by Crippen LogP contribution is -2.32. The minimum atomic E-state index is -0.798. The molecule has 1 saturated heterocycles. The molecule has 0 atom stereocenters. The number of benzene rings is 1. The number of amides is 1. The molecule has 0 saturated carbocycles. The Bertz CT molecular complexity index is 986. The van der Waals surface area contributed by atoms with E-state index in [9.17, 15) is 4.79 Å². The normalized spacial score (nSPS) is 15.9. The Labute approximate surface area is 168 Å². The Morgan fingerprint density at radius 3 is 2.86 bits per heavy atom. The van der Waals surface area contributed by atoms with Crippen molar-refractivity contribution in [1.29, 1.82) is 0 Å². The Morgan fingerprint density at radius 1 is 1.36 bits per heavy atom. The lowest BCUT2D eigenvalue weighted by Gasteiger charge is -2.29. The summed E-state index contributed by atoms with van der Waals surface area (Å²) >= 11 is 1.66. The molecule has 0 bridgehead atoms. The van der Waals surface area contributed by atoms with E-state index in [2.05, 4.69) is 36.3 Å². The van der Waals surface area contributed by atoms with Gasteiger partial charge in [0.05, 0.1) is 11.2 Å². The van der Waals surface area contributed by atoms with Gasteiger partial charge in [-0.25, -0.2) is 9.78 Å². The molecule has 1 amide bonds. The van der Waals surface area contributed by atoms with Gasteiger partial charge in [-0.1, -0.05) is 6.92 Å². The number of likely N-dealkylation sites (tertiary alicyclic amines) is 1. The fourth-order valence-corrected chi connectivity index (χ4v) is 4.62. The Balaban J connectivity index is 1.59. The number of nitrogens with zero attached hydrogens (tertiary/aromatic N) is 3. The molecular weight excluding hydrogens is 372 g/mol. The van der Waals surface area contributed by atoms with Crippen LogP contribution < -0.4 is 10.5 Å². The number of thiazole rings is 1. The molecule has 0 spiro atoms. The van der Waals surface area contributed by atoms with Crippen LogP contribution in [0.2, 0.25) is 0 Å². The summed E-state index contributed by atoms with van der Waals surface area (Å²) in [5.41, 5.74) is 8.39. The van der Waals surface area contributed by atoms with Crippen molar-refractivity contribution >= 4 is 28.3 Å². The monoisotopic (exact) mass is 398 g/mol. The van der Waals surface area contributed by atoms with Gasteiger partial charge in [0.15, 0.2) is 5.75 Å². The molecule has 0 aliphatic carbocycles. The second-order valence-electron chi connectivity index (χ2n) is 7.54. The summed E-state index contributed by atoms with van der Waals surface area (Å²) in [6.07, 6.45) is 3.56. The van der Waals surface area contributed by atoms with Gasteiger partial charge in [-0.15, -0.1) is 11.3 Å². The summed E-state index contributed by atoms with van der Waals surface area (Å²) in [7, 11) is 0. The van der Waals surface area contributed by atoms with E-state index in [0.717, 1.165) is 59.3 Å². The number of ether oxygens (including phenoxy) is 1. The molecule has 3 aromatic rings. The smallest absolute Gasteiger partial charge is 0.408 e. The van der Waals surface area contributed by atoms with Crippen LogP contribution in [0.15, 0.2) is 29.8 Å². The zero-order valence-corrected chi connectivity index (χ0v) is 17.2. The second-order valence-corrected chi connectivity index (χ2v) is 8.39. The summed E-state index contributed by atoms with van der Waals surface area (Å²) in [5.74, 6) is 1.33. The number of rotatable bonds is 5. The predicted octanol–water partition coefficient (Wildman–Crippen LogP) is 4.47. The maximum atomic E-state index is 11.3. The van der Waals surface area contributed by atoms with Gasteiger partial charge in [0.2, 0.25) is 0 Å². The number of nitrogens with two attached hydrogens (primary N) is 1. The van der Waals surface area contributed by atoms with Gasteiger partial charge in [-0.05, 0) is 57.0 Å². The van der Waals surface area contributed by atoms with Crippen molar-refractivity contribution in [2.45, 2.75) is 39.8 Å². The lowest BCUT2D eigenvalue weighted by molar-refractivity contribution is 0.184. The van der Waals surface area contributed by atoms with Crippen molar-refractivity contribution in [2.24, 2.45) is 11.7 Å². The zero-order valence-electron chi connectivity index (χ0n) is 16.4. The van der Waals surface area contributed by atoms with Gasteiger partial charge < -0.3 is 15.0 Å². The maximum absolute atomic E-state index is 11.3. The molecule has 1 fully saturated rings. The average molecular weight is 399 g/mol. The summed E-state index contributed by atoms with van der Waals surface area (Å²) in [6.45, 7) is 8.38. The predicted molar refractivity (Wildman–Crippen MR) is 113 cm³/mol. The van der Waals surface area contributed by atoms with Crippen molar-refractivity contribution in [1.82, 2.24) is 14.5 Å². The van der Waals surface area contributed by atoms with Crippen LogP contribution in [0.25, 0.3) is 21.5 Å². The number of primary amides is 1. The third kappa shape index (κ3) is 3.91. The molecule has 6 nitrogen and oxygen atoms in total. The minimum absolute atomic E-state index is 0.491. The van der Waals surface area contributed by atoms with Crippen molar-refractivity contribution in [3.63, 3.8) is 0 Å². The largest absolute Gasteiger partial charge is 0.410 e. The molecule has 0 radical (unpaired) electrons. The van der Waals surface area contributed by atoms with Crippen LogP contribution in [-0.2, 0) is 13.1 Å². The number of fused-ring (bicyclic) bond motifs is 1. The van der Waals surface area contributed by atoms with Crippen LogP contribution >= 0.6 is 11.3 Å². The molecule has 4 rings (SSSR count). The highest BCUT2D eigenvalue weighted by atomic mass is 32.1. The minimum Gasteiger partial charge on any atom is -0.408 e. The second kappa shape index (κ2) is 7.93. The van der Waals surface area contributed by atoms with E-state index in [1.807, 2.05) is 16.8 Å². The number of carbonyl (C=O) groups excluding carboxylic acids is 1. The van der Waals surface area contributed by atoms with Gasteiger partial charge in [0, 0.05) is 35.6 Å². The topological polar surface area (TPSA) is 73.4 Å². The Hall–Kier alpha value is -2.38. The first-order valence-corrected chi connectivity index (χ1v) is 10.7. The van der Waals surface area contributed by atoms with E-state index in [4.69, 9.17) is 15.5 Å². The molecule has 0 unspecified atom stereocenters. The molecule has 3 heterocycles. The molecule has 1 aliphatic rings. The van der Waals surface area contributed by atoms with Gasteiger partial charge in [0.1, 0.15) is 5.01 Å². The fourth-order valence-electron chi connectivity index (χ4n) is 3.81. The van der Waals surface area contributed by atoms with Crippen LogP contribution in [0, 0.1) is 5.92 Å². The third-order valence-corrected chi connectivity index (χ3v) is 6.40. The van der Waals surface area contributed by atoms with Crippen molar-refractivity contribution < 1.29 is 9.53 Å². The zero-order chi connectivity index (χ0) is 19.7. The van der Waals surface area contributed by atoms with E-state index < -0.39 is 6.09 Å².